The van der Waals surface area contributed by atoms with Crippen molar-refractivity contribution < 1.29 is 9.26 Å². The minimum atomic E-state index is -0.182. The number of thioether (sulfide) groups is 1. The lowest BCUT2D eigenvalue weighted by Crippen LogP contribution is -2.12. The Morgan fingerprint density at radius 1 is 1.35 bits per heavy atom. The first-order chi connectivity index (χ1) is 9.79. The third-order valence-corrected chi connectivity index (χ3v) is 3.42. The van der Waals surface area contributed by atoms with E-state index in [1.165, 1.54) is 0 Å². The summed E-state index contributed by atoms with van der Waals surface area (Å²) in [7, 11) is 0. The lowest BCUT2D eigenvalue weighted by molar-refractivity contribution is 0.312. The largest absolute Gasteiger partial charge is 0.493 e. The van der Waals surface area contributed by atoms with Gasteiger partial charge in [-0.3, -0.25) is 0 Å². The first-order valence-corrected chi connectivity index (χ1v) is 7.94. The number of hydrogen-bond acceptors (Lipinski definition) is 6. The van der Waals surface area contributed by atoms with Crippen LogP contribution in [0.2, 0.25) is 0 Å². The molecule has 0 bridgehead atoms. The van der Waals surface area contributed by atoms with Crippen LogP contribution in [0.1, 0.15) is 24.2 Å². The van der Waals surface area contributed by atoms with E-state index < -0.39 is 0 Å². The summed E-state index contributed by atoms with van der Waals surface area (Å²) in [5, 5.41) is 3.92. The minimum absolute atomic E-state index is 0.182. The van der Waals surface area contributed by atoms with Crippen LogP contribution in [0.3, 0.4) is 0 Å². The molecule has 0 fully saturated rings. The second-order valence-electron chi connectivity index (χ2n) is 4.35. The van der Waals surface area contributed by atoms with Gasteiger partial charge in [0.05, 0.1) is 12.6 Å². The highest BCUT2D eigenvalue weighted by Gasteiger charge is 2.14. The van der Waals surface area contributed by atoms with Gasteiger partial charge in [0.15, 0.2) is 5.82 Å². The highest BCUT2D eigenvalue weighted by Crippen LogP contribution is 2.14. The van der Waals surface area contributed by atoms with Crippen molar-refractivity contribution in [2.75, 3.05) is 18.6 Å². The van der Waals surface area contributed by atoms with Crippen LogP contribution >= 0.6 is 11.8 Å². The molecule has 2 N–H and O–H groups in total. The van der Waals surface area contributed by atoms with Crippen LogP contribution in [-0.2, 0) is 6.42 Å². The van der Waals surface area contributed by atoms with Crippen molar-refractivity contribution in [1.82, 2.24) is 10.1 Å². The van der Waals surface area contributed by atoms with Gasteiger partial charge < -0.3 is 15.0 Å². The standard InChI is InChI=1S/C14H19N3O2S/c1-20-10-8-12(15)14-16-13(17-19-14)7-9-18-11-5-3-2-4-6-11/h2-6,12H,7-10,15H2,1H3/t12-/m1/s1. The van der Waals surface area contributed by atoms with Crippen molar-refractivity contribution in [1.29, 1.82) is 0 Å². The van der Waals surface area contributed by atoms with Gasteiger partial charge in [0.1, 0.15) is 5.75 Å². The molecule has 0 aliphatic carbocycles. The molecule has 0 radical (unpaired) electrons. The molecule has 1 aromatic heterocycles. The maximum atomic E-state index is 5.97. The van der Waals surface area contributed by atoms with Crippen LogP contribution in [0.5, 0.6) is 5.75 Å². The fourth-order valence-corrected chi connectivity index (χ4v) is 2.15. The van der Waals surface area contributed by atoms with Gasteiger partial charge in [-0.15, -0.1) is 0 Å². The number of para-hydroxylation sites is 1. The zero-order valence-electron chi connectivity index (χ0n) is 11.5. The molecule has 1 heterocycles. The Kier molecular flexibility index (Phi) is 5.88. The fourth-order valence-electron chi connectivity index (χ4n) is 1.66. The summed E-state index contributed by atoms with van der Waals surface area (Å²) >= 11 is 1.75. The Morgan fingerprint density at radius 3 is 2.90 bits per heavy atom. The van der Waals surface area contributed by atoms with Crippen LogP contribution in [0.4, 0.5) is 0 Å². The summed E-state index contributed by atoms with van der Waals surface area (Å²) in [6.07, 6.45) is 3.49. The lowest BCUT2D eigenvalue weighted by atomic mass is 10.2. The summed E-state index contributed by atoms with van der Waals surface area (Å²) in [5.74, 6) is 2.97. The van der Waals surface area contributed by atoms with E-state index in [1.54, 1.807) is 11.8 Å². The van der Waals surface area contributed by atoms with Crippen molar-refractivity contribution in [3.8, 4) is 5.75 Å². The van der Waals surface area contributed by atoms with Gasteiger partial charge in [0.25, 0.3) is 0 Å². The third-order valence-electron chi connectivity index (χ3n) is 2.77. The maximum Gasteiger partial charge on any atom is 0.243 e. The highest BCUT2D eigenvalue weighted by molar-refractivity contribution is 7.98. The predicted molar refractivity (Wildman–Crippen MR) is 79.9 cm³/mol. The number of nitrogens with two attached hydrogens (primary N) is 1. The smallest absolute Gasteiger partial charge is 0.243 e. The van der Waals surface area contributed by atoms with Crippen molar-refractivity contribution in [3.63, 3.8) is 0 Å². The molecular weight excluding hydrogens is 274 g/mol. The Morgan fingerprint density at radius 2 is 2.15 bits per heavy atom. The molecule has 1 atom stereocenters. The van der Waals surface area contributed by atoms with Crippen LogP contribution in [0, 0.1) is 0 Å². The van der Waals surface area contributed by atoms with Gasteiger partial charge in [-0.2, -0.15) is 16.7 Å². The average molecular weight is 293 g/mol. The topological polar surface area (TPSA) is 74.2 Å². The Balaban J connectivity index is 1.78. The maximum absolute atomic E-state index is 5.97. The quantitative estimate of drug-likeness (QED) is 0.806. The van der Waals surface area contributed by atoms with E-state index in [-0.39, 0.29) is 6.04 Å². The second-order valence-corrected chi connectivity index (χ2v) is 5.33. The molecule has 6 heteroatoms. The van der Waals surface area contributed by atoms with E-state index in [1.807, 2.05) is 36.6 Å². The van der Waals surface area contributed by atoms with E-state index in [2.05, 4.69) is 10.1 Å². The molecule has 2 rings (SSSR count). The molecule has 0 unspecified atom stereocenters. The lowest BCUT2D eigenvalue weighted by Gasteiger charge is -2.04. The molecule has 2 aromatic rings. The number of nitrogens with zero attached hydrogens (tertiary/aromatic N) is 2. The number of hydrogen-bond donors (Lipinski definition) is 1. The van der Waals surface area contributed by atoms with Gasteiger partial charge >= 0.3 is 0 Å². The van der Waals surface area contributed by atoms with E-state index in [4.69, 9.17) is 15.0 Å². The number of ether oxygens (including phenoxy) is 1. The molecule has 0 saturated carbocycles. The van der Waals surface area contributed by atoms with Gasteiger partial charge in [0.2, 0.25) is 5.89 Å². The van der Waals surface area contributed by atoms with Crippen LogP contribution in [0.15, 0.2) is 34.9 Å². The second kappa shape index (κ2) is 7.91. The van der Waals surface area contributed by atoms with Crippen LogP contribution < -0.4 is 10.5 Å². The van der Waals surface area contributed by atoms with Gasteiger partial charge in [-0.1, -0.05) is 23.4 Å². The Labute approximate surface area is 122 Å². The zero-order valence-corrected chi connectivity index (χ0v) is 12.3. The van der Waals surface area contributed by atoms with Crippen molar-refractivity contribution in [3.05, 3.63) is 42.0 Å². The van der Waals surface area contributed by atoms with E-state index in [9.17, 15) is 0 Å². The molecule has 1 aromatic carbocycles. The molecule has 108 valence electrons. The third kappa shape index (κ3) is 4.54. The average Bonchev–Trinajstić information content (AvgIpc) is 2.95. The van der Waals surface area contributed by atoms with E-state index in [0.717, 1.165) is 17.9 Å². The number of benzene rings is 1. The summed E-state index contributed by atoms with van der Waals surface area (Å²) < 4.78 is 10.8. The number of aromatic nitrogens is 2. The predicted octanol–water partition coefficient (Wildman–Crippen LogP) is 2.44. The highest BCUT2D eigenvalue weighted by atomic mass is 32.2. The first kappa shape index (κ1) is 14.9. The van der Waals surface area contributed by atoms with E-state index >= 15 is 0 Å². The summed E-state index contributed by atoms with van der Waals surface area (Å²) in [4.78, 5) is 4.30. The SMILES string of the molecule is CSCC[C@@H](N)c1nc(CCOc2ccccc2)no1. The van der Waals surface area contributed by atoms with E-state index in [0.29, 0.717) is 24.7 Å². The first-order valence-electron chi connectivity index (χ1n) is 6.54. The van der Waals surface area contributed by atoms with Gasteiger partial charge in [-0.05, 0) is 30.6 Å². The van der Waals surface area contributed by atoms with Crippen molar-refractivity contribution in [2.45, 2.75) is 18.9 Å². The molecule has 0 saturated heterocycles. The minimum Gasteiger partial charge on any atom is -0.493 e. The molecular formula is C14H19N3O2S. The Hall–Kier alpha value is -1.53. The van der Waals surface area contributed by atoms with Gasteiger partial charge in [0, 0.05) is 6.42 Å². The van der Waals surface area contributed by atoms with Crippen molar-refractivity contribution >= 4 is 11.8 Å². The molecule has 0 amide bonds. The molecule has 0 spiro atoms. The van der Waals surface area contributed by atoms with Crippen LogP contribution in [-0.4, -0.2) is 28.8 Å². The van der Waals surface area contributed by atoms with Crippen molar-refractivity contribution in [2.24, 2.45) is 5.73 Å². The van der Waals surface area contributed by atoms with Crippen LogP contribution in [0.25, 0.3) is 0 Å². The molecule has 0 aliphatic heterocycles. The Bertz CT molecular complexity index is 504. The van der Waals surface area contributed by atoms with Gasteiger partial charge in [-0.25, -0.2) is 0 Å². The zero-order chi connectivity index (χ0) is 14.2. The molecule has 20 heavy (non-hydrogen) atoms. The summed E-state index contributed by atoms with van der Waals surface area (Å²) in [6.45, 7) is 0.517. The monoisotopic (exact) mass is 293 g/mol. The molecule has 0 aliphatic rings. The number of rotatable bonds is 8. The molecule has 5 nitrogen and oxygen atoms in total. The normalized spacial score (nSPS) is 12.3. The summed E-state index contributed by atoms with van der Waals surface area (Å²) in [6, 6.07) is 9.48. The summed E-state index contributed by atoms with van der Waals surface area (Å²) in [5.41, 5.74) is 5.97. The fraction of sp³-hybridized carbons (Fsp3) is 0.429.